The van der Waals surface area contributed by atoms with Crippen LogP contribution in [0.25, 0.3) is 0 Å². The number of methoxy groups -OCH3 is 1. The van der Waals surface area contributed by atoms with Crippen molar-refractivity contribution in [3.63, 3.8) is 0 Å². The summed E-state index contributed by atoms with van der Waals surface area (Å²) in [5.74, 6) is 0.173. The first-order valence-corrected chi connectivity index (χ1v) is 9.76. The molecule has 2 heterocycles. The Labute approximate surface area is 173 Å². The van der Waals surface area contributed by atoms with Crippen molar-refractivity contribution in [2.24, 2.45) is 0 Å². The number of imidazole rings is 1. The number of piperazine rings is 1. The van der Waals surface area contributed by atoms with Crippen molar-refractivity contribution in [2.45, 2.75) is 6.54 Å². The van der Waals surface area contributed by atoms with Gasteiger partial charge >= 0.3 is 5.69 Å². The van der Waals surface area contributed by atoms with Gasteiger partial charge in [0.25, 0.3) is 0 Å². The number of ketones is 1. The quantitative estimate of drug-likeness (QED) is 0.610. The fourth-order valence-corrected chi connectivity index (χ4v) is 3.66. The highest BCUT2D eigenvalue weighted by Crippen LogP contribution is 2.19. The molecule has 2 N–H and O–H groups in total. The third-order valence-corrected chi connectivity index (χ3v) is 5.33. The lowest BCUT2D eigenvalue weighted by atomic mass is 10.1. The van der Waals surface area contributed by atoms with E-state index < -0.39 is 5.69 Å². The minimum Gasteiger partial charge on any atom is -0.497 e. The Morgan fingerprint density at radius 2 is 1.67 bits per heavy atom. The van der Waals surface area contributed by atoms with Crippen LogP contribution in [0.4, 0.5) is 10.1 Å². The normalized spacial score (nSPS) is 14.7. The third-order valence-electron chi connectivity index (χ3n) is 5.33. The number of rotatable bonds is 6. The largest absolute Gasteiger partial charge is 0.497 e. The van der Waals surface area contributed by atoms with Crippen LogP contribution >= 0.6 is 0 Å². The molecule has 156 valence electrons. The Balaban J connectivity index is 1.43. The van der Waals surface area contributed by atoms with Crippen LogP contribution in [-0.2, 0) is 6.54 Å². The number of anilines is 1. The van der Waals surface area contributed by atoms with Gasteiger partial charge in [0.1, 0.15) is 17.3 Å². The van der Waals surface area contributed by atoms with Crippen molar-refractivity contribution in [2.75, 3.05) is 38.2 Å². The maximum Gasteiger partial charge on any atom is 0.323 e. The highest BCUT2D eigenvalue weighted by atomic mass is 19.1. The first-order chi connectivity index (χ1) is 14.5. The van der Waals surface area contributed by atoms with Crippen LogP contribution in [0, 0.1) is 5.82 Å². The summed E-state index contributed by atoms with van der Waals surface area (Å²) in [5, 5.41) is 0. The van der Waals surface area contributed by atoms with Crippen LogP contribution in [0.15, 0.2) is 53.3 Å². The van der Waals surface area contributed by atoms with Crippen molar-refractivity contribution < 1.29 is 13.9 Å². The van der Waals surface area contributed by atoms with Gasteiger partial charge in [0.15, 0.2) is 0 Å². The molecule has 30 heavy (non-hydrogen) atoms. The van der Waals surface area contributed by atoms with Crippen molar-refractivity contribution in [1.29, 1.82) is 0 Å². The molecule has 0 amide bonds. The molecule has 1 aromatic heterocycles. The standard InChI is InChI=1S/C22H23FN4O3/c1-30-18-8-2-15(3-9-18)21(28)20-19(24-22(29)25-20)14-26-10-12-27(13-11-26)17-6-4-16(23)5-7-17/h2-9H,10-14H2,1H3,(H2,24,25,29). The molecule has 8 heteroatoms. The van der Waals surface area contributed by atoms with E-state index in [1.165, 1.54) is 12.1 Å². The van der Waals surface area contributed by atoms with Gasteiger partial charge in [0.2, 0.25) is 5.78 Å². The van der Waals surface area contributed by atoms with Crippen LogP contribution < -0.4 is 15.3 Å². The minimum atomic E-state index is -0.396. The highest BCUT2D eigenvalue weighted by Gasteiger charge is 2.22. The number of hydrogen-bond acceptors (Lipinski definition) is 5. The second kappa shape index (κ2) is 8.54. The number of nitrogens with zero attached hydrogens (tertiary/aromatic N) is 2. The zero-order valence-corrected chi connectivity index (χ0v) is 16.7. The highest BCUT2D eigenvalue weighted by molar-refractivity contribution is 6.08. The molecule has 0 bridgehead atoms. The predicted octanol–water partition coefficient (Wildman–Crippen LogP) is 2.40. The first kappa shape index (κ1) is 19.9. The molecule has 1 saturated heterocycles. The Morgan fingerprint density at radius 3 is 2.30 bits per heavy atom. The number of halogens is 1. The van der Waals surface area contributed by atoms with Crippen molar-refractivity contribution in [1.82, 2.24) is 14.9 Å². The zero-order chi connectivity index (χ0) is 21.1. The number of benzene rings is 2. The lowest BCUT2D eigenvalue weighted by molar-refractivity contribution is 0.103. The van der Waals surface area contributed by atoms with E-state index in [2.05, 4.69) is 19.8 Å². The van der Waals surface area contributed by atoms with Gasteiger partial charge in [-0.3, -0.25) is 9.69 Å². The smallest absolute Gasteiger partial charge is 0.323 e. The number of aromatic amines is 2. The summed E-state index contributed by atoms with van der Waals surface area (Å²) < 4.78 is 18.3. The summed E-state index contributed by atoms with van der Waals surface area (Å²) in [6.45, 7) is 3.55. The summed E-state index contributed by atoms with van der Waals surface area (Å²) in [7, 11) is 1.56. The van der Waals surface area contributed by atoms with Gasteiger partial charge in [-0.25, -0.2) is 9.18 Å². The summed E-state index contributed by atoms with van der Waals surface area (Å²) >= 11 is 0. The van der Waals surface area contributed by atoms with E-state index >= 15 is 0 Å². The van der Waals surface area contributed by atoms with Gasteiger partial charge in [-0.05, 0) is 48.5 Å². The lowest BCUT2D eigenvalue weighted by Gasteiger charge is -2.36. The SMILES string of the molecule is COc1ccc(C(=O)c2[nH]c(=O)[nH]c2CN2CCN(c3ccc(F)cc3)CC2)cc1. The molecule has 1 aliphatic heterocycles. The minimum absolute atomic E-state index is 0.240. The summed E-state index contributed by atoms with van der Waals surface area (Å²) in [5.41, 5.74) is 1.93. The fraction of sp³-hybridized carbons (Fsp3) is 0.273. The van der Waals surface area contributed by atoms with Crippen molar-refractivity contribution >= 4 is 11.5 Å². The molecule has 0 unspecified atom stereocenters. The van der Waals surface area contributed by atoms with E-state index in [4.69, 9.17) is 4.74 Å². The summed E-state index contributed by atoms with van der Waals surface area (Å²) in [4.78, 5) is 34.6. The molecular formula is C22H23FN4O3. The number of H-pyrrole nitrogens is 2. The molecule has 0 radical (unpaired) electrons. The maximum absolute atomic E-state index is 13.1. The van der Waals surface area contributed by atoms with Crippen LogP contribution in [0.2, 0.25) is 0 Å². The Bertz CT molecular complexity index is 1070. The van der Waals surface area contributed by atoms with Gasteiger partial charge in [0, 0.05) is 44.0 Å². The average Bonchev–Trinajstić information content (AvgIpc) is 3.14. The van der Waals surface area contributed by atoms with Gasteiger partial charge in [0.05, 0.1) is 12.8 Å². The fourth-order valence-electron chi connectivity index (χ4n) is 3.66. The number of hydrogen-bond donors (Lipinski definition) is 2. The zero-order valence-electron chi connectivity index (χ0n) is 16.7. The van der Waals surface area contributed by atoms with Gasteiger partial charge in [-0.2, -0.15) is 0 Å². The average molecular weight is 410 g/mol. The molecule has 0 aliphatic carbocycles. The maximum atomic E-state index is 13.1. The Hall–Kier alpha value is -3.39. The van der Waals surface area contributed by atoms with Crippen molar-refractivity contribution in [3.8, 4) is 5.75 Å². The van der Waals surface area contributed by atoms with E-state index in [0.29, 0.717) is 23.6 Å². The number of nitrogens with one attached hydrogen (secondary N) is 2. The van der Waals surface area contributed by atoms with Gasteiger partial charge in [-0.15, -0.1) is 0 Å². The summed E-state index contributed by atoms with van der Waals surface area (Å²) in [6, 6.07) is 13.3. The van der Waals surface area contributed by atoms with E-state index in [0.717, 1.165) is 31.9 Å². The molecule has 1 fully saturated rings. The molecular weight excluding hydrogens is 387 g/mol. The number of ether oxygens (including phenoxy) is 1. The second-order valence-electron chi connectivity index (χ2n) is 7.23. The van der Waals surface area contributed by atoms with Crippen LogP contribution in [-0.4, -0.2) is 53.9 Å². The molecule has 2 aromatic carbocycles. The molecule has 0 spiro atoms. The molecule has 0 atom stereocenters. The number of carbonyl (C=O) groups excluding carboxylic acids is 1. The van der Waals surface area contributed by atoms with Crippen LogP contribution in [0.1, 0.15) is 21.7 Å². The molecule has 1 aliphatic rings. The van der Waals surface area contributed by atoms with Gasteiger partial charge in [-0.1, -0.05) is 0 Å². The third kappa shape index (κ3) is 4.28. The van der Waals surface area contributed by atoms with E-state index in [-0.39, 0.29) is 17.3 Å². The van der Waals surface area contributed by atoms with Crippen LogP contribution in [0.5, 0.6) is 5.75 Å². The Kier molecular flexibility index (Phi) is 5.67. The van der Waals surface area contributed by atoms with Gasteiger partial charge < -0.3 is 19.6 Å². The van der Waals surface area contributed by atoms with E-state index in [1.807, 2.05) is 0 Å². The Morgan fingerprint density at radius 1 is 1.00 bits per heavy atom. The van der Waals surface area contributed by atoms with E-state index in [9.17, 15) is 14.0 Å². The van der Waals surface area contributed by atoms with E-state index in [1.54, 1.807) is 43.5 Å². The monoisotopic (exact) mass is 410 g/mol. The number of carbonyl (C=O) groups is 1. The topological polar surface area (TPSA) is 81.4 Å². The van der Waals surface area contributed by atoms with Crippen LogP contribution in [0.3, 0.4) is 0 Å². The summed E-state index contributed by atoms with van der Waals surface area (Å²) in [6.07, 6.45) is 0. The molecule has 4 rings (SSSR count). The molecule has 7 nitrogen and oxygen atoms in total. The predicted molar refractivity (Wildman–Crippen MR) is 112 cm³/mol. The molecule has 3 aromatic rings. The lowest BCUT2D eigenvalue weighted by Crippen LogP contribution is -2.46. The second-order valence-corrected chi connectivity index (χ2v) is 7.23. The first-order valence-electron chi connectivity index (χ1n) is 9.76. The number of aromatic nitrogens is 2. The van der Waals surface area contributed by atoms with Crippen molar-refractivity contribution in [3.05, 3.63) is 81.8 Å². The molecule has 0 saturated carbocycles.